The molecule has 0 saturated heterocycles. The van der Waals surface area contributed by atoms with E-state index >= 15 is 0 Å². The molecule has 3 rings (SSSR count). The SMILES string of the molecule is CCOc1ccc(-c2n[nH]c(=S)n2CCC(=O)NCc2ccc(OCC(F)(F)F)cc2)cc1. The Morgan fingerprint density at radius 2 is 1.73 bits per heavy atom. The van der Waals surface area contributed by atoms with Gasteiger partial charge in [-0.25, -0.2) is 0 Å². The van der Waals surface area contributed by atoms with E-state index in [9.17, 15) is 18.0 Å². The average Bonchev–Trinajstić information content (AvgIpc) is 3.16. The smallest absolute Gasteiger partial charge is 0.422 e. The van der Waals surface area contributed by atoms with E-state index in [0.29, 0.717) is 23.7 Å². The first kappa shape index (κ1) is 24.3. The van der Waals surface area contributed by atoms with Gasteiger partial charge in [-0.1, -0.05) is 12.1 Å². The van der Waals surface area contributed by atoms with Crippen LogP contribution in [-0.4, -0.2) is 40.1 Å². The molecule has 33 heavy (non-hydrogen) atoms. The predicted octanol–water partition coefficient (Wildman–Crippen LogP) is 4.65. The molecular formula is C22H23F3N4O3S. The Hall–Kier alpha value is -3.34. The quantitative estimate of drug-likeness (QED) is 0.413. The fraction of sp³-hybridized carbons (Fsp3) is 0.318. The van der Waals surface area contributed by atoms with Gasteiger partial charge in [0.15, 0.2) is 17.2 Å². The predicted molar refractivity (Wildman–Crippen MR) is 118 cm³/mol. The van der Waals surface area contributed by atoms with Crippen molar-refractivity contribution in [2.75, 3.05) is 13.2 Å². The summed E-state index contributed by atoms with van der Waals surface area (Å²) in [5.74, 6) is 1.28. The second-order valence-electron chi connectivity index (χ2n) is 7.04. The number of ether oxygens (including phenoxy) is 2. The highest BCUT2D eigenvalue weighted by Gasteiger charge is 2.28. The second-order valence-corrected chi connectivity index (χ2v) is 7.42. The Kier molecular flexibility index (Phi) is 8.10. The minimum atomic E-state index is -4.39. The van der Waals surface area contributed by atoms with Crippen molar-refractivity contribution in [3.05, 3.63) is 58.9 Å². The molecule has 1 heterocycles. The average molecular weight is 481 g/mol. The van der Waals surface area contributed by atoms with Crippen LogP contribution in [0.15, 0.2) is 48.5 Å². The van der Waals surface area contributed by atoms with E-state index in [4.69, 9.17) is 17.0 Å². The molecule has 0 aliphatic carbocycles. The van der Waals surface area contributed by atoms with Gasteiger partial charge < -0.3 is 14.8 Å². The van der Waals surface area contributed by atoms with Gasteiger partial charge in [-0.2, -0.15) is 18.3 Å². The third-order valence-corrected chi connectivity index (χ3v) is 4.87. The van der Waals surface area contributed by atoms with E-state index in [1.807, 2.05) is 31.2 Å². The van der Waals surface area contributed by atoms with E-state index in [1.165, 1.54) is 12.1 Å². The molecule has 0 bridgehead atoms. The number of benzene rings is 2. The van der Waals surface area contributed by atoms with Crippen molar-refractivity contribution < 1.29 is 27.4 Å². The highest BCUT2D eigenvalue weighted by Crippen LogP contribution is 2.22. The Balaban J connectivity index is 1.52. The molecule has 0 fully saturated rings. The molecule has 1 amide bonds. The summed E-state index contributed by atoms with van der Waals surface area (Å²) in [5.41, 5.74) is 1.57. The first-order chi connectivity index (χ1) is 15.7. The van der Waals surface area contributed by atoms with Gasteiger partial charge >= 0.3 is 6.18 Å². The summed E-state index contributed by atoms with van der Waals surface area (Å²) >= 11 is 5.30. The van der Waals surface area contributed by atoms with Crippen LogP contribution in [0.5, 0.6) is 11.5 Å². The van der Waals surface area contributed by atoms with E-state index in [1.54, 1.807) is 16.7 Å². The number of rotatable bonds is 10. The molecule has 3 aromatic rings. The van der Waals surface area contributed by atoms with Crippen LogP contribution in [0.25, 0.3) is 11.4 Å². The summed E-state index contributed by atoms with van der Waals surface area (Å²) in [6.45, 7) is 1.70. The van der Waals surface area contributed by atoms with E-state index < -0.39 is 12.8 Å². The van der Waals surface area contributed by atoms with Crippen molar-refractivity contribution in [1.29, 1.82) is 0 Å². The molecular weight excluding hydrogens is 457 g/mol. The van der Waals surface area contributed by atoms with Gasteiger partial charge in [-0.3, -0.25) is 14.5 Å². The number of carbonyl (C=O) groups excluding carboxylic acids is 1. The summed E-state index contributed by atoms with van der Waals surface area (Å²) in [7, 11) is 0. The Bertz CT molecular complexity index is 1110. The molecule has 0 radical (unpaired) electrons. The van der Waals surface area contributed by atoms with Gasteiger partial charge in [-0.05, 0) is 61.1 Å². The molecule has 0 atom stereocenters. The maximum Gasteiger partial charge on any atom is 0.422 e. The highest BCUT2D eigenvalue weighted by molar-refractivity contribution is 7.71. The van der Waals surface area contributed by atoms with Crippen LogP contribution in [0.4, 0.5) is 13.2 Å². The monoisotopic (exact) mass is 480 g/mol. The Morgan fingerprint density at radius 3 is 2.36 bits per heavy atom. The summed E-state index contributed by atoms with van der Waals surface area (Å²) in [6.07, 6.45) is -4.22. The third kappa shape index (κ3) is 7.35. The van der Waals surface area contributed by atoms with Crippen LogP contribution in [0.1, 0.15) is 18.9 Å². The van der Waals surface area contributed by atoms with Gasteiger partial charge in [0.05, 0.1) is 6.61 Å². The zero-order valence-electron chi connectivity index (χ0n) is 17.8. The second kappa shape index (κ2) is 11.0. The van der Waals surface area contributed by atoms with Crippen molar-refractivity contribution in [1.82, 2.24) is 20.1 Å². The van der Waals surface area contributed by atoms with Crippen LogP contribution in [0.3, 0.4) is 0 Å². The lowest BCUT2D eigenvalue weighted by atomic mass is 10.2. The number of nitrogens with zero attached hydrogens (tertiary/aromatic N) is 2. The lowest BCUT2D eigenvalue weighted by molar-refractivity contribution is -0.153. The molecule has 0 unspecified atom stereocenters. The molecule has 176 valence electrons. The first-order valence-corrected chi connectivity index (χ1v) is 10.6. The van der Waals surface area contributed by atoms with Crippen LogP contribution >= 0.6 is 12.2 Å². The number of alkyl halides is 3. The molecule has 0 saturated carbocycles. The number of aromatic amines is 1. The van der Waals surface area contributed by atoms with Crippen LogP contribution in [0.2, 0.25) is 0 Å². The lowest BCUT2D eigenvalue weighted by Crippen LogP contribution is -2.24. The van der Waals surface area contributed by atoms with E-state index in [2.05, 4.69) is 20.3 Å². The van der Waals surface area contributed by atoms with Gasteiger partial charge in [0, 0.05) is 25.1 Å². The van der Waals surface area contributed by atoms with Gasteiger partial charge in [0.2, 0.25) is 5.91 Å². The van der Waals surface area contributed by atoms with Crippen LogP contribution in [-0.2, 0) is 17.9 Å². The summed E-state index contributed by atoms with van der Waals surface area (Å²) < 4.78 is 48.9. The van der Waals surface area contributed by atoms with Crippen LogP contribution in [0, 0.1) is 4.77 Å². The Morgan fingerprint density at radius 1 is 1.09 bits per heavy atom. The third-order valence-electron chi connectivity index (χ3n) is 4.56. The molecule has 1 aromatic heterocycles. The maximum atomic E-state index is 12.3. The lowest BCUT2D eigenvalue weighted by Gasteiger charge is -2.10. The molecule has 2 aromatic carbocycles. The number of amides is 1. The van der Waals surface area contributed by atoms with Gasteiger partial charge in [-0.15, -0.1) is 0 Å². The fourth-order valence-electron chi connectivity index (χ4n) is 2.98. The van der Waals surface area contributed by atoms with Crippen molar-refractivity contribution in [3.8, 4) is 22.9 Å². The van der Waals surface area contributed by atoms with Gasteiger partial charge in [0.1, 0.15) is 11.5 Å². The van der Waals surface area contributed by atoms with Crippen molar-refractivity contribution in [2.45, 2.75) is 32.6 Å². The number of aromatic nitrogens is 3. The largest absolute Gasteiger partial charge is 0.494 e. The number of hydrogen-bond donors (Lipinski definition) is 2. The zero-order chi connectivity index (χ0) is 23.8. The summed E-state index contributed by atoms with van der Waals surface area (Å²) in [6, 6.07) is 13.5. The Labute approximate surface area is 193 Å². The van der Waals surface area contributed by atoms with E-state index in [0.717, 1.165) is 16.9 Å². The standard InChI is InChI=1S/C22H23F3N4O3S/c1-2-31-17-9-5-16(6-10-17)20-27-28-21(33)29(20)12-11-19(30)26-13-15-3-7-18(8-4-15)32-14-22(23,24)25/h3-10H,2,11-14H2,1H3,(H,26,30)(H,28,33). The fourth-order valence-corrected chi connectivity index (χ4v) is 3.21. The molecule has 0 aliphatic rings. The number of nitrogens with one attached hydrogen (secondary N) is 2. The van der Waals surface area contributed by atoms with Crippen LogP contribution < -0.4 is 14.8 Å². The molecule has 7 nitrogen and oxygen atoms in total. The number of hydrogen-bond acceptors (Lipinski definition) is 5. The highest BCUT2D eigenvalue weighted by atomic mass is 32.1. The summed E-state index contributed by atoms with van der Waals surface area (Å²) in [5, 5.41) is 9.80. The molecule has 2 N–H and O–H groups in total. The molecule has 0 aliphatic heterocycles. The van der Waals surface area contributed by atoms with Crippen molar-refractivity contribution in [2.24, 2.45) is 0 Å². The zero-order valence-corrected chi connectivity index (χ0v) is 18.6. The maximum absolute atomic E-state index is 12.3. The first-order valence-electron chi connectivity index (χ1n) is 10.2. The van der Waals surface area contributed by atoms with Crippen molar-refractivity contribution >= 4 is 18.1 Å². The van der Waals surface area contributed by atoms with E-state index in [-0.39, 0.29) is 24.6 Å². The van der Waals surface area contributed by atoms with Crippen molar-refractivity contribution in [3.63, 3.8) is 0 Å². The number of halogens is 3. The molecule has 11 heteroatoms. The minimum absolute atomic E-state index is 0.110. The molecule has 0 spiro atoms. The summed E-state index contributed by atoms with van der Waals surface area (Å²) in [4.78, 5) is 12.3. The van der Waals surface area contributed by atoms with Gasteiger partial charge in [0.25, 0.3) is 0 Å². The number of carbonyl (C=O) groups is 1. The normalized spacial score (nSPS) is 11.3. The number of H-pyrrole nitrogens is 1. The topological polar surface area (TPSA) is 81.2 Å². The minimum Gasteiger partial charge on any atom is -0.494 e.